The average molecular weight is 545 g/mol. The Bertz CT molecular complexity index is 1610. The van der Waals surface area contributed by atoms with E-state index in [0.717, 1.165) is 11.3 Å². The lowest BCUT2D eigenvalue weighted by Crippen LogP contribution is -2.15. The van der Waals surface area contributed by atoms with Crippen molar-refractivity contribution in [3.8, 4) is 11.3 Å². The normalized spacial score (nSPS) is 11.2. The number of sulfonamides is 1. The van der Waals surface area contributed by atoms with Crippen LogP contribution in [0.2, 0.25) is 5.02 Å². The maximum Gasteiger partial charge on any atom is 0.273 e. The van der Waals surface area contributed by atoms with Gasteiger partial charge in [-0.1, -0.05) is 35.1 Å². The predicted molar refractivity (Wildman–Crippen MR) is 142 cm³/mol. The largest absolute Gasteiger partial charge is 0.326 e. The molecule has 4 rings (SSSR count). The molecule has 0 aliphatic carbocycles. The minimum Gasteiger partial charge on any atom is -0.326 e. The molecule has 1 amide bonds. The molecule has 0 saturated carbocycles. The van der Waals surface area contributed by atoms with Crippen LogP contribution in [0, 0.1) is 13.8 Å². The van der Waals surface area contributed by atoms with Crippen LogP contribution in [-0.2, 0) is 14.8 Å². The molecule has 0 spiro atoms. The third-order valence-electron chi connectivity index (χ3n) is 4.93. The molecule has 36 heavy (non-hydrogen) atoms. The van der Waals surface area contributed by atoms with Crippen molar-refractivity contribution in [3.05, 3.63) is 75.2 Å². The second kappa shape index (κ2) is 10.1. The number of anilines is 4. The summed E-state index contributed by atoms with van der Waals surface area (Å²) >= 11 is 6.78. The number of aromatic amines is 1. The number of H-pyrrole nitrogens is 1. The van der Waals surface area contributed by atoms with E-state index in [2.05, 4.69) is 30.3 Å². The number of halogens is 1. The fraction of sp³-hybridized carbons (Fsp3) is 0.130. The van der Waals surface area contributed by atoms with Gasteiger partial charge in [0.25, 0.3) is 15.6 Å². The number of benzene rings is 2. The maximum absolute atomic E-state index is 13.0. The number of hydrogen-bond donors (Lipinski definition) is 4. The lowest BCUT2D eigenvalue weighted by molar-refractivity contribution is -0.114. The highest BCUT2D eigenvalue weighted by atomic mass is 35.5. The summed E-state index contributed by atoms with van der Waals surface area (Å²) in [5.74, 6) is -0.126. The van der Waals surface area contributed by atoms with Gasteiger partial charge in [0.05, 0.1) is 11.4 Å². The van der Waals surface area contributed by atoms with Gasteiger partial charge in [0, 0.05) is 34.4 Å². The molecular formula is C23H21ClN6O4S2. The molecule has 0 atom stereocenters. The van der Waals surface area contributed by atoms with Crippen molar-refractivity contribution < 1.29 is 13.2 Å². The first kappa shape index (κ1) is 25.4. The number of rotatable bonds is 7. The van der Waals surface area contributed by atoms with Gasteiger partial charge in [-0.3, -0.25) is 19.3 Å². The molecule has 2 aromatic heterocycles. The summed E-state index contributed by atoms with van der Waals surface area (Å²) in [7, 11) is -3.99. The summed E-state index contributed by atoms with van der Waals surface area (Å²) in [6.45, 7) is 4.50. The number of thiazole rings is 1. The second-order valence-electron chi connectivity index (χ2n) is 7.78. The quantitative estimate of drug-likeness (QED) is 0.264. The van der Waals surface area contributed by atoms with Crippen LogP contribution in [0.3, 0.4) is 0 Å². The molecule has 4 N–H and O–H groups in total. The highest BCUT2D eigenvalue weighted by Crippen LogP contribution is 2.30. The summed E-state index contributed by atoms with van der Waals surface area (Å²) in [6.07, 6.45) is 0. The van der Waals surface area contributed by atoms with Crippen molar-refractivity contribution in [1.29, 1.82) is 0 Å². The smallest absolute Gasteiger partial charge is 0.273 e. The molecule has 0 bridgehead atoms. The van der Waals surface area contributed by atoms with Gasteiger partial charge in [0.1, 0.15) is 0 Å². The topological polar surface area (TPSA) is 146 Å². The molecule has 0 unspecified atom stereocenters. The minimum absolute atomic E-state index is 0.0171. The molecule has 13 heteroatoms. The lowest BCUT2D eigenvalue weighted by Gasteiger charge is -2.12. The third-order valence-corrected chi connectivity index (χ3v) is 8.24. The van der Waals surface area contributed by atoms with E-state index < -0.39 is 10.0 Å². The van der Waals surface area contributed by atoms with Crippen molar-refractivity contribution in [3.63, 3.8) is 0 Å². The summed E-state index contributed by atoms with van der Waals surface area (Å²) in [5, 5.41) is 6.29. The average Bonchev–Trinajstić information content (AvgIpc) is 3.17. The SMILES string of the molecule is CC(=O)Nc1nc(C)c(S(=O)(=O)Nc2cccc(-c3nc(Nc4ccc(Cl)cc4)[nH]c(=O)c3C)c2)s1. The Balaban J connectivity index is 1.64. The summed E-state index contributed by atoms with van der Waals surface area (Å²) in [4.78, 5) is 35.2. The molecule has 0 fully saturated rings. The molecule has 0 saturated heterocycles. The van der Waals surface area contributed by atoms with Crippen LogP contribution < -0.4 is 20.9 Å². The minimum atomic E-state index is -3.99. The number of hydrogen-bond acceptors (Lipinski definition) is 8. The molecule has 0 aliphatic rings. The van der Waals surface area contributed by atoms with Gasteiger partial charge in [-0.15, -0.1) is 0 Å². The van der Waals surface area contributed by atoms with Gasteiger partial charge >= 0.3 is 0 Å². The van der Waals surface area contributed by atoms with Crippen LogP contribution in [0.5, 0.6) is 0 Å². The lowest BCUT2D eigenvalue weighted by atomic mass is 10.1. The van der Waals surface area contributed by atoms with Crippen LogP contribution in [0.25, 0.3) is 11.3 Å². The van der Waals surface area contributed by atoms with Gasteiger partial charge in [-0.25, -0.2) is 18.4 Å². The van der Waals surface area contributed by atoms with Crippen LogP contribution >= 0.6 is 22.9 Å². The highest BCUT2D eigenvalue weighted by molar-refractivity contribution is 7.94. The number of aryl methyl sites for hydroxylation is 1. The molecule has 10 nitrogen and oxygen atoms in total. The Labute approximate surface area is 215 Å². The monoisotopic (exact) mass is 544 g/mol. The third kappa shape index (κ3) is 5.73. The molecule has 2 heterocycles. The first-order valence-corrected chi connectivity index (χ1v) is 13.2. The van der Waals surface area contributed by atoms with E-state index in [9.17, 15) is 18.0 Å². The standard InChI is InChI=1S/C23H21ClN6O4S2/c1-12-19(28-22(29-20(12)32)27-17-9-7-16(24)8-10-17)15-5-4-6-18(11-15)30-36(33,34)21-13(2)25-23(35-21)26-14(3)31/h4-11,30H,1-3H3,(H,25,26,31)(H2,27,28,29,32). The van der Waals surface area contributed by atoms with Crippen LogP contribution in [0.1, 0.15) is 18.2 Å². The fourth-order valence-electron chi connectivity index (χ4n) is 3.31. The molecular weight excluding hydrogens is 524 g/mol. The summed E-state index contributed by atoms with van der Waals surface area (Å²) < 4.78 is 28.6. The maximum atomic E-state index is 13.0. The molecule has 0 aliphatic heterocycles. The zero-order valence-corrected chi connectivity index (χ0v) is 21.7. The number of nitrogens with zero attached hydrogens (tertiary/aromatic N) is 2. The van der Waals surface area contributed by atoms with Gasteiger partial charge in [-0.05, 0) is 50.2 Å². The van der Waals surface area contributed by atoms with Crippen molar-refractivity contribution in [2.24, 2.45) is 0 Å². The number of aromatic nitrogens is 3. The van der Waals surface area contributed by atoms with E-state index in [0.29, 0.717) is 27.5 Å². The van der Waals surface area contributed by atoms with E-state index in [1.54, 1.807) is 62.4 Å². The number of amides is 1. The zero-order chi connectivity index (χ0) is 26.0. The van der Waals surface area contributed by atoms with E-state index in [1.807, 2.05) is 0 Å². The Morgan fingerprint density at radius 2 is 1.78 bits per heavy atom. The van der Waals surface area contributed by atoms with Crippen LogP contribution in [0.4, 0.5) is 22.5 Å². The predicted octanol–water partition coefficient (Wildman–Crippen LogP) is 4.67. The second-order valence-corrected chi connectivity index (χ2v) is 11.1. The van der Waals surface area contributed by atoms with Gasteiger partial charge in [0.15, 0.2) is 9.34 Å². The van der Waals surface area contributed by atoms with Gasteiger partial charge in [0.2, 0.25) is 11.9 Å². The molecule has 186 valence electrons. The van der Waals surface area contributed by atoms with Crippen molar-refractivity contribution in [2.45, 2.75) is 25.0 Å². The summed E-state index contributed by atoms with van der Waals surface area (Å²) in [5.41, 5.74) is 2.17. The Morgan fingerprint density at radius 1 is 1.06 bits per heavy atom. The van der Waals surface area contributed by atoms with Crippen molar-refractivity contribution in [2.75, 3.05) is 15.4 Å². The number of carbonyl (C=O) groups is 1. The Morgan fingerprint density at radius 3 is 2.47 bits per heavy atom. The number of carbonyl (C=O) groups excluding carboxylic acids is 1. The van der Waals surface area contributed by atoms with E-state index in [1.165, 1.54) is 6.92 Å². The van der Waals surface area contributed by atoms with E-state index >= 15 is 0 Å². The zero-order valence-electron chi connectivity index (χ0n) is 19.3. The summed E-state index contributed by atoms with van der Waals surface area (Å²) in [6, 6.07) is 13.5. The van der Waals surface area contributed by atoms with Gasteiger partial charge < -0.3 is 10.6 Å². The van der Waals surface area contributed by atoms with Crippen LogP contribution in [-0.4, -0.2) is 29.3 Å². The van der Waals surface area contributed by atoms with Gasteiger partial charge in [-0.2, -0.15) is 0 Å². The first-order chi connectivity index (χ1) is 17.0. The highest BCUT2D eigenvalue weighted by Gasteiger charge is 2.23. The van der Waals surface area contributed by atoms with E-state index in [4.69, 9.17) is 11.6 Å². The molecule has 4 aromatic rings. The Hall–Kier alpha value is -3.74. The Kier molecular flexibility index (Phi) is 7.11. The van der Waals surface area contributed by atoms with Crippen molar-refractivity contribution in [1.82, 2.24) is 15.0 Å². The van der Waals surface area contributed by atoms with E-state index in [-0.39, 0.29) is 38.1 Å². The fourth-order valence-corrected chi connectivity index (χ4v) is 5.95. The van der Waals surface area contributed by atoms with Crippen molar-refractivity contribution >= 4 is 61.3 Å². The molecule has 2 aromatic carbocycles. The first-order valence-electron chi connectivity index (χ1n) is 10.5. The molecule has 0 radical (unpaired) electrons. The number of nitrogens with one attached hydrogen (secondary N) is 4. The van der Waals surface area contributed by atoms with Crippen LogP contribution in [0.15, 0.2) is 57.5 Å².